The summed E-state index contributed by atoms with van der Waals surface area (Å²) in [6.45, 7) is 21.1. The number of rotatable bonds is 0. The van der Waals surface area contributed by atoms with Crippen LogP contribution >= 0.6 is 0 Å². The van der Waals surface area contributed by atoms with Gasteiger partial charge in [-0.3, -0.25) is 38.4 Å². The van der Waals surface area contributed by atoms with Crippen LogP contribution < -0.4 is 30.6 Å². The molecule has 0 aliphatic heterocycles. The van der Waals surface area contributed by atoms with Crippen LogP contribution in [0.1, 0.15) is 41.5 Å². The first-order chi connectivity index (χ1) is 22.8. The van der Waals surface area contributed by atoms with E-state index < -0.39 is 99.1 Å². The van der Waals surface area contributed by atoms with E-state index in [-0.39, 0.29) is 44.6 Å². The molecule has 0 N–H and O–H groups in total. The highest BCUT2D eigenvalue weighted by Crippen LogP contribution is 2.24. The molecule has 0 aromatic rings. The summed E-state index contributed by atoms with van der Waals surface area (Å²) in [5, 5.41) is 64.8. The topological polar surface area (TPSA) is 292 Å². The average Bonchev–Trinajstić information content (AvgIpc) is 3.60. The molecule has 5 aliphatic rings. The molecule has 4 atom stereocenters. The maximum Gasteiger partial charge on any atom is 0.231 e. The van der Waals surface area contributed by atoms with Crippen LogP contribution in [-0.2, 0) is 43.2 Å². The molecule has 15 heteroatoms. The summed E-state index contributed by atoms with van der Waals surface area (Å²) in [6.07, 6.45) is -2.24. The predicted molar refractivity (Wildman–Crippen MR) is 158 cm³/mol. The van der Waals surface area contributed by atoms with E-state index in [1.54, 1.807) is 6.92 Å². The van der Waals surface area contributed by atoms with Crippen LogP contribution in [0.4, 0.5) is 0 Å². The van der Waals surface area contributed by atoms with Crippen molar-refractivity contribution >= 4 is 52.0 Å². The van der Waals surface area contributed by atoms with Gasteiger partial charge < -0.3 is 35.4 Å². The molecule has 5 aliphatic carbocycles. The Morgan fingerprint density at radius 2 is 0.620 bits per heavy atom. The molecule has 4 unspecified atom stereocenters. The summed E-state index contributed by atoms with van der Waals surface area (Å²) in [5.41, 5.74) is -0.898. The summed E-state index contributed by atoms with van der Waals surface area (Å²) in [4.78, 5) is 96.0. The lowest BCUT2D eigenvalue weighted by atomic mass is 10.0. The Morgan fingerprint density at radius 1 is 0.420 bits per heavy atom. The van der Waals surface area contributed by atoms with Crippen molar-refractivity contribution in [2.45, 2.75) is 53.8 Å². The van der Waals surface area contributed by atoms with Gasteiger partial charge in [-0.15, -0.1) is 6.10 Å². The Morgan fingerprint density at radius 3 is 0.660 bits per heavy atom. The van der Waals surface area contributed by atoms with Crippen LogP contribution in [0.15, 0.2) is 93.9 Å². The predicted octanol–water partition coefficient (Wildman–Crippen LogP) is -4.39. The van der Waals surface area contributed by atoms with Gasteiger partial charge in [0.1, 0.15) is 5.78 Å². The lowest BCUT2D eigenvalue weighted by Gasteiger charge is -2.28. The van der Waals surface area contributed by atoms with Crippen LogP contribution in [0.25, 0.3) is 0 Å². The lowest BCUT2D eigenvalue weighted by molar-refractivity contribution is -0.463. The van der Waals surface area contributed by atoms with Gasteiger partial charge in [-0.25, -0.2) is 0 Å². The van der Waals surface area contributed by atoms with Crippen molar-refractivity contribution in [2.75, 3.05) is 0 Å². The van der Waals surface area contributed by atoms with Gasteiger partial charge >= 0.3 is 0 Å². The summed E-state index contributed by atoms with van der Waals surface area (Å²) >= 11 is 0. The van der Waals surface area contributed by atoms with Crippen LogP contribution in [0.3, 0.4) is 0 Å². The minimum atomic E-state index is -1.27. The van der Waals surface area contributed by atoms with Gasteiger partial charge in [0.25, 0.3) is 0 Å². The zero-order valence-corrected chi connectivity index (χ0v) is 27.8. The summed E-state index contributed by atoms with van der Waals surface area (Å²) in [7, 11) is 0. The van der Waals surface area contributed by atoms with Gasteiger partial charge in [0.2, 0.25) is 46.3 Å². The Balaban J connectivity index is 0.000000312. The maximum atomic E-state index is 11.0. The minimum absolute atomic E-state index is 0.0185. The smallest absolute Gasteiger partial charge is 0.231 e. The van der Waals surface area contributed by atoms with Crippen molar-refractivity contribution in [1.82, 2.24) is 0 Å². The fourth-order valence-corrected chi connectivity index (χ4v) is 4.27. The molecule has 0 aromatic carbocycles. The Hall–Kier alpha value is -5.93. The molecule has 5 rings (SSSR count). The second kappa shape index (κ2) is 16.0. The largest absolute Gasteiger partial charge is 0.872 e. The van der Waals surface area contributed by atoms with Gasteiger partial charge in [0.15, 0.2) is 0 Å². The van der Waals surface area contributed by atoms with E-state index in [1.807, 2.05) is 0 Å². The molecule has 1 saturated carbocycles. The van der Waals surface area contributed by atoms with Gasteiger partial charge in [0.05, 0.1) is 0 Å². The Bertz CT molecular complexity index is 1500. The van der Waals surface area contributed by atoms with E-state index in [2.05, 4.69) is 26.3 Å². The fourth-order valence-electron chi connectivity index (χ4n) is 4.27. The van der Waals surface area contributed by atoms with E-state index in [0.29, 0.717) is 0 Å². The first kappa shape index (κ1) is 42.1. The van der Waals surface area contributed by atoms with Gasteiger partial charge in [-0.2, -0.15) is 0 Å². The minimum Gasteiger partial charge on any atom is -0.872 e. The van der Waals surface area contributed by atoms with E-state index in [4.69, 9.17) is 0 Å². The van der Waals surface area contributed by atoms with E-state index in [9.17, 15) is 73.8 Å². The highest BCUT2D eigenvalue weighted by atomic mass is 16.3. The lowest BCUT2D eigenvalue weighted by Crippen LogP contribution is -2.39. The molecule has 0 aromatic heterocycles. The van der Waals surface area contributed by atoms with Crippen LogP contribution in [-0.4, -0.2) is 64.3 Å². The molecule has 0 amide bonds. The molecule has 0 saturated heterocycles. The first-order valence-electron chi connectivity index (χ1n) is 14.3. The van der Waals surface area contributed by atoms with Crippen molar-refractivity contribution in [3.05, 3.63) is 93.9 Å². The van der Waals surface area contributed by atoms with E-state index >= 15 is 0 Å². The molecule has 0 heterocycles. The molecule has 1 fully saturated rings. The second-order valence-electron chi connectivity index (χ2n) is 11.3. The van der Waals surface area contributed by atoms with E-state index in [1.165, 1.54) is 34.6 Å². The summed E-state index contributed by atoms with van der Waals surface area (Å²) in [5.74, 6) is -9.48. The van der Waals surface area contributed by atoms with Crippen molar-refractivity contribution < 1.29 is 73.8 Å². The summed E-state index contributed by atoms with van der Waals surface area (Å²) in [6, 6.07) is 0. The number of hydrogen-bond acceptors (Lipinski definition) is 15. The molecular weight excluding hydrogens is 660 g/mol. The summed E-state index contributed by atoms with van der Waals surface area (Å²) < 4.78 is 0. The Labute approximate surface area is 285 Å². The van der Waals surface area contributed by atoms with Crippen molar-refractivity contribution in [3.63, 3.8) is 0 Å². The quantitative estimate of drug-likeness (QED) is 0.171. The highest BCUT2D eigenvalue weighted by Gasteiger charge is 2.32. The standard InChI is InChI=1S/C7H10O3.4C7H6O3/c5*1-3-5(8)4(2)7(10)6(3)9/h3-6H,1-2H3;4*8H,1H2,2H3/q-2;;;;/p-4. The Kier molecular flexibility index (Phi) is 13.5. The highest BCUT2D eigenvalue weighted by molar-refractivity contribution is 6.54. The number of hydrogen-bond donors (Lipinski definition) is 0. The maximum absolute atomic E-state index is 11.0. The number of carbonyl (C=O) groups excluding carboxylic acids is 9. The molecular formula is C35H30O15-6. The molecule has 15 nitrogen and oxygen atoms in total. The number of Topliss-reactive ketones (excluding diaryl/α,β-unsaturated/α-hetero) is 9. The third-order valence-electron chi connectivity index (χ3n) is 7.96. The fraction of sp³-hybridized carbons (Fsp3) is 0.286. The second-order valence-corrected chi connectivity index (χ2v) is 11.3. The van der Waals surface area contributed by atoms with E-state index in [0.717, 1.165) is 0 Å². The SMILES string of the molecule is C=C1C(=O)C(=O)C(C)=C1[O-].C=C1C(=O)C(=O)C(C)=C1[O-].C=C1C(=O)C(=O)C(C)=C1[O-].C=C1C(=O)C(=O)C(C)=C1[O-].CC1C(=O)C([O-])C(C)C1[O-]. The zero-order chi connectivity index (χ0) is 39.4. The zero-order valence-electron chi connectivity index (χ0n) is 27.8. The number of ketones is 9. The van der Waals surface area contributed by atoms with Crippen molar-refractivity contribution in [1.29, 1.82) is 0 Å². The van der Waals surface area contributed by atoms with Crippen molar-refractivity contribution in [3.8, 4) is 0 Å². The van der Waals surface area contributed by atoms with Crippen LogP contribution in [0.5, 0.6) is 0 Å². The molecule has 0 spiro atoms. The van der Waals surface area contributed by atoms with Crippen molar-refractivity contribution in [2.24, 2.45) is 11.8 Å². The van der Waals surface area contributed by atoms with Crippen LogP contribution in [0.2, 0.25) is 0 Å². The first-order valence-corrected chi connectivity index (χ1v) is 14.3. The monoisotopic (exact) mass is 690 g/mol. The third-order valence-corrected chi connectivity index (χ3v) is 7.96. The van der Waals surface area contributed by atoms with Gasteiger partial charge in [-0.1, -0.05) is 75.2 Å². The molecule has 266 valence electrons. The third kappa shape index (κ3) is 8.02. The van der Waals surface area contributed by atoms with Gasteiger partial charge in [-0.05, 0) is 50.0 Å². The number of allylic oxidation sites excluding steroid dienone is 8. The normalized spacial score (nSPS) is 24.9. The van der Waals surface area contributed by atoms with Gasteiger partial charge in [0, 0.05) is 28.2 Å². The average molecular weight is 691 g/mol. The van der Waals surface area contributed by atoms with Crippen LogP contribution in [0, 0.1) is 11.8 Å². The molecule has 0 bridgehead atoms. The molecule has 0 radical (unpaired) electrons. The molecule has 50 heavy (non-hydrogen) atoms. The number of carbonyl (C=O) groups is 9.